The van der Waals surface area contributed by atoms with Crippen molar-refractivity contribution in [2.45, 2.75) is 65.2 Å². The first-order valence-corrected chi connectivity index (χ1v) is 15.1. The summed E-state index contributed by atoms with van der Waals surface area (Å²) < 4.78 is 30.6. The molecule has 35 heavy (non-hydrogen) atoms. The van der Waals surface area contributed by atoms with E-state index >= 15 is 0 Å². The lowest BCUT2D eigenvalue weighted by Crippen LogP contribution is -2.20. The number of benzene rings is 2. The van der Waals surface area contributed by atoms with E-state index < -0.39 is 7.37 Å². The van der Waals surface area contributed by atoms with E-state index in [0.717, 1.165) is 69.5 Å². The van der Waals surface area contributed by atoms with Gasteiger partial charge >= 0.3 is 0 Å². The number of phenolic OH excluding ortho intramolecular Hbond substituents is 1. The number of hydrogen-bond acceptors (Lipinski definition) is 6. The summed E-state index contributed by atoms with van der Waals surface area (Å²) in [5, 5.41) is 12.7. The first-order chi connectivity index (χ1) is 17.0. The highest BCUT2D eigenvalue weighted by Crippen LogP contribution is 2.48. The van der Waals surface area contributed by atoms with E-state index in [1.165, 1.54) is 12.0 Å². The fraction of sp³-hybridized carbons (Fsp3) is 0.571. The molecular weight excluding hydrogens is 461 g/mol. The molecule has 0 fully saturated rings. The Labute approximate surface area is 211 Å². The molecule has 0 aliphatic rings. The molecule has 2 aromatic carbocycles. The summed E-state index contributed by atoms with van der Waals surface area (Å²) in [6.45, 7) is 7.23. The standard InChI is InChI=1S/C28H44NO5P/c1-3-5-7-8-23-35(31,34-22-6-4-2)24-33-28-14-10-25(11-15-28)18-20-29-19-9-21-32-27-16-12-26(30)13-17-27/h10-17,29-30H,3-9,18-24H2,1-2H3. The van der Waals surface area contributed by atoms with Crippen molar-refractivity contribution < 1.29 is 23.7 Å². The maximum Gasteiger partial charge on any atom is 0.239 e. The van der Waals surface area contributed by atoms with Gasteiger partial charge in [-0.2, -0.15) is 0 Å². The van der Waals surface area contributed by atoms with Gasteiger partial charge in [-0.05, 0) is 80.7 Å². The molecule has 0 aliphatic carbocycles. The van der Waals surface area contributed by atoms with Crippen molar-refractivity contribution in [2.24, 2.45) is 0 Å². The molecule has 0 aliphatic heterocycles. The average molecular weight is 506 g/mol. The third-order valence-corrected chi connectivity index (χ3v) is 7.90. The van der Waals surface area contributed by atoms with Gasteiger partial charge in [0.2, 0.25) is 7.37 Å². The number of unbranched alkanes of at least 4 members (excludes halogenated alkanes) is 4. The Hall–Kier alpha value is -2.01. The number of ether oxygens (including phenoxy) is 2. The first-order valence-electron chi connectivity index (χ1n) is 13.1. The largest absolute Gasteiger partial charge is 0.508 e. The third-order valence-electron chi connectivity index (χ3n) is 5.72. The summed E-state index contributed by atoms with van der Waals surface area (Å²) in [4.78, 5) is 0. The maximum absolute atomic E-state index is 13.3. The van der Waals surface area contributed by atoms with Gasteiger partial charge in [0.25, 0.3) is 0 Å². The molecule has 0 radical (unpaired) electrons. The van der Waals surface area contributed by atoms with Crippen LogP contribution in [0.15, 0.2) is 48.5 Å². The summed E-state index contributed by atoms with van der Waals surface area (Å²) in [5.41, 5.74) is 1.23. The zero-order valence-corrected chi connectivity index (χ0v) is 22.4. The molecule has 2 rings (SSSR count). The molecule has 2 N–H and O–H groups in total. The van der Waals surface area contributed by atoms with E-state index in [2.05, 4.69) is 31.3 Å². The highest BCUT2D eigenvalue weighted by molar-refractivity contribution is 7.58. The van der Waals surface area contributed by atoms with Gasteiger partial charge in [0.05, 0.1) is 13.2 Å². The van der Waals surface area contributed by atoms with Crippen LogP contribution in [0, 0.1) is 0 Å². The molecule has 0 aromatic heterocycles. The van der Waals surface area contributed by atoms with Crippen molar-refractivity contribution in [3.05, 3.63) is 54.1 Å². The highest BCUT2D eigenvalue weighted by atomic mass is 31.2. The molecule has 0 heterocycles. The molecule has 1 unspecified atom stereocenters. The molecule has 0 spiro atoms. The Morgan fingerprint density at radius 3 is 2.17 bits per heavy atom. The van der Waals surface area contributed by atoms with Gasteiger partial charge in [0.1, 0.15) is 17.2 Å². The molecule has 0 saturated heterocycles. The second-order valence-corrected chi connectivity index (χ2v) is 11.5. The maximum atomic E-state index is 13.3. The van der Waals surface area contributed by atoms with Gasteiger partial charge in [-0.1, -0.05) is 51.7 Å². The lowest BCUT2D eigenvalue weighted by Gasteiger charge is -2.19. The molecular formula is C28H44NO5P. The summed E-state index contributed by atoms with van der Waals surface area (Å²) in [7, 11) is -2.77. The molecule has 1 atom stereocenters. The fourth-order valence-corrected chi connectivity index (χ4v) is 5.38. The van der Waals surface area contributed by atoms with Crippen molar-refractivity contribution in [1.82, 2.24) is 5.32 Å². The van der Waals surface area contributed by atoms with Crippen LogP contribution in [-0.4, -0.2) is 43.9 Å². The quantitative estimate of drug-likeness (QED) is 0.149. The third kappa shape index (κ3) is 13.0. The van der Waals surface area contributed by atoms with Crippen LogP contribution in [0.5, 0.6) is 17.2 Å². The summed E-state index contributed by atoms with van der Waals surface area (Å²) in [5.74, 6) is 1.75. The van der Waals surface area contributed by atoms with Crippen LogP contribution in [-0.2, 0) is 15.5 Å². The molecule has 0 bridgehead atoms. The van der Waals surface area contributed by atoms with Crippen LogP contribution >= 0.6 is 7.37 Å². The minimum atomic E-state index is -2.77. The Morgan fingerprint density at radius 2 is 1.46 bits per heavy atom. The summed E-state index contributed by atoms with van der Waals surface area (Å²) in [6.07, 6.45) is 8.88. The Bertz CT molecular complexity index is 841. The summed E-state index contributed by atoms with van der Waals surface area (Å²) >= 11 is 0. The number of hydrogen-bond donors (Lipinski definition) is 2. The van der Waals surface area contributed by atoms with Crippen molar-refractivity contribution >= 4 is 7.37 Å². The van der Waals surface area contributed by atoms with E-state index in [-0.39, 0.29) is 12.1 Å². The molecule has 6 nitrogen and oxygen atoms in total. The van der Waals surface area contributed by atoms with Crippen LogP contribution in [0.4, 0.5) is 0 Å². The van der Waals surface area contributed by atoms with Gasteiger partial charge in [-0.15, -0.1) is 0 Å². The van der Waals surface area contributed by atoms with E-state index in [1.54, 1.807) is 24.3 Å². The molecule has 0 amide bonds. The fourth-order valence-electron chi connectivity index (χ4n) is 3.53. The van der Waals surface area contributed by atoms with Crippen molar-refractivity contribution in [2.75, 3.05) is 38.8 Å². The van der Waals surface area contributed by atoms with E-state index in [1.807, 2.05) is 12.1 Å². The zero-order valence-electron chi connectivity index (χ0n) is 21.5. The minimum Gasteiger partial charge on any atom is -0.508 e. The number of phenols is 1. The number of aromatic hydroxyl groups is 1. The molecule has 0 saturated carbocycles. The first kappa shape index (κ1) is 29.2. The smallest absolute Gasteiger partial charge is 0.239 e. The zero-order chi connectivity index (χ0) is 25.2. The van der Waals surface area contributed by atoms with Gasteiger partial charge in [-0.25, -0.2) is 0 Å². The Morgan fingerprint density at radius 1 is 0.771 bits per heavy atom. The van der Waals surface area contributed by atoms with Gasteiger partial charge in [0.15, 0.2) is 6.35 Å². The topological polar surface area (TPSA) is 77.0 Å². The van der Waals surface area contributed by atoms with Gasteiger partial charge in [-0.3, -0.25) is 4.57 Å². The lowest BCUT2D eigenvalue weighted by molar-refractivity contribution is 0.275. The predicted molar refractivity (Wildman–Crippen MR) is 144 cm³/mol. The number of rotatable bonds is 20. The highest BCUT2D eigenvalue weighted by Gasteiger charge is 2.23. The van der Waals surface area contributed by atoms with Crippen LogP contribution < -0.4 is 14.8 Å². The van der Waals surface area contributed by atoms with Crippen LogP contribution in [0.2, 0.25) is 0 Å². The van der Waals surface area contributed by atoms with E-state index in [9.17, 15) is 9.67 Å². The van der Waals surface area contributed by atoms with Crippen molar-refractivity contribution in [1.29, 1.82) is 0 Å². The van der Waals surface area contributed by atoms with Gasteiger partial charge in [0, 0.05) is 6.16 Å². The monoisotopic (exact) mass is 505 g/mol. The average Bonchev–Trinajstić information content (AvgIpc) is 2.87. The lowest BCUT2D eigenvalue weighted by atomic mass is 10.1. The van der Waals surface area contributed by atoms with Crippen LogP contribution in [0.3, 0.4) is 0 Å². The second-order valence-electron chi connectivity index (χ2n) is 8.90. The normalized spacial score (nSPS) is 12.9. The van der Waals surface area contributed by atoms with Crippen molar-refractivity contribution in [3.63, 3.8) is 0 Å². The number of nitrogens with one attached hydrogen (secondary N) is 1. The minimum absolute atomic E-state index is 0.149. The SMILES string of the molecule is CCCCCCP(=O)(COc1ccc(CCNCCCOc2ccc(O)cc2)cc1)OCCCC. The van der Waals surface area contributed by atoms with E-state index in [0.29, 0.717) is 19.4 Å². The van der Waals surface area contributed by atoms with Gasteiger partial charge < -0.3 is 24.4 Å². The second kappa shape index (κ2) is 17.4. The molecule has 196 valence electrons. The summed E-state index contributed by atoms with van der Waals surface area (Å²) in [6, 6.07) is 14.8. The molecule has 7 heteroatoms. The molecule has 2 aromatic rings. The Balaban J connectivity index is 1.64. The predicted octanol–water partition coefficient (Wildman–Crippen LogP) is 7.00. The van der Waals surface area contributed by atoms with Crippen LogP contribution in [0.1, 0.15) is 64.4 Å². The van der Waals surface area contributed by atoms with E-state index in [4.69, 9.17) is 14.0 Å². The Kier molecular flexibility index (Phi) is 14.5. The van der Waals surface area contributed by atoms with Crippen molar-refractivity contribution in [3.8, 4) is 17.2 Å². The van der Waals surface area contributed by atoms with Crippen LogP contribution in [0.25, 0.3) is 0 Å².